The van der Waals surface area contributed by atoms with Gasteiger partial charge in [0.2, 0.25) is 0 Å². The van der Waals surface area contributed by atoms with Gasteiger partial charge in [0.1, 0.15) is 0 Å². The predicted octanol–water partition coefficient (Wildman–Crippen LogP) is 2.49. The summed E-state index contributed by atoms with van der Waals surface area (Å²) in [5, 5.41) is 0. The number of alkyl halides is 6. The first-order valence-electron chi connectivity index (χ1n) is 10.4. The van der Waals surface area contributed by atoms with Gasteiger partial charge in [-0.3, -0.25) is 14.5 Å². The van der Waals surface area contributed by atoms with Crippen molar-refractivity contribution in [2.24, 2.45) is 26.2 Å². The van der Waals surface area contributed by atoms with Crippen molar-refractivity contribution in [3.63, 3.8) is 0 Å². The Hall–Kier alpha value is -0.901. The molecule has 0 unspecified atom stereocenters. The third-order valence-corrected chi connectivity index (χ3v) is 5.95. The second-order valence-corrected chi connectivity index (χ2v) is 13.4. The van der Waals surface area contributed by atoms with Crippen LogP contribution in [0.5, 0.6) is 0 Å². The first kappa shape index (κ1) is 46.1. The van der Waals surface area contributed by atoms with Gasteiger partial charge in [0, 0.05) is 16.2 Å². The van der Waals surface area contributed by atoms with Crippen LogP contribution in [0.4, 0.5) is 26.3 Å². The van der Waals surface area contributed by atoms with Gasteiger partial charge in [-0.1, -0.05) is 41.5 Å². The molecule has 21 heteroatoms. The minimum absolute atomic E-state index is 0. The molecule has 5 N–H and O–H groups in total. The van der Waals surface area contributed by atoms with E-state index in [1.165, 1.54) is 0 Å². The molecule has 2 atom stereocenters. The number of aliphatic imine (C=N–C) groups is 2. The van der Waals surface area contributed by atoms with E-state index in [1.807, 2.05) is 0 Å². The molecule has 0 aromatic rings. The van der Waals surface area contributed by atoms with Crippen LogP contribution in [0.3, 0.4) is 0 Å². The molecule has 0 fully saturated rings. The summed E-state index contributed by atoms with van der Waals surface area (Å²) in [4.78, 5) is 9.64. The minimum Gasteiger partial charge on any atom is -0.741 e. The van der Waals surface area contributed by atoms with Crippen LogP contribution in [0, 0.1) is 16.2 Å². The summed E-state index contributed by atoms with van der Waals surface area (Å²) in [6.45, 7) is 18.5. The van der Waals surface area contributed by atoms with E-state index in [1.54, 1.807) is 0 Å². The minimum atomic E-state index is -6.09. The Labute approximate surface area is 239 Å². The van der Waals surface area contributed by atoms with E-state index in [2.05, 4.69) is 55.4 Å². The maximum atomic E-state index is 10.7. The molecular weight excluding hydrogens is 658 g/mol. The standard InChI is InChI=1S/C17H30N2O2.2CHF3O3S.Cu.2H2O/c1-15(2,3)13-18-11(9-20-13)17(7,8)12-10-21-14(19-12)16(4,5)6;2*2-1(3,4)8(5,6)7;;;/h13-14H,9-10H2,1-8H3;2*(H,5,6,7);;2*1H2/q;;;+1;;/p-1/t13-,14-;;;;;/m1...../s1. The van der Waals surface area contributed by atoms with Crippen molar-refractivity contribution >= 4 is 31.7 Å². The van der Waals surface area contributed by atoms with Crippen LogP contribution in [-0.4, -0.2) is 85.0 Å². The van der Waals surface area contributed by atoms with Crippen LogP contribution in [0.1, 0.15) is 55.4 Å². The molecule has 0 saturated heterocycles. The van der Waals surface area contributed by atoms with Crippen molar-refractivity contribution in [2.75, 3.05) is 13.2 Å². The average molecular weight is 693 g/mol. The maximum Gasteiger partial charge on any atom is 1.00 e. The monoisotopic (exact) mass is 692 g/mol. The Morgan fingerprint density at radius 1 is 0.725 bits per heavy atom. The topological polar surface area (TPSA) is 218 Å². The van der Waals surface area contributed by atoms with Crippen LogP contribution >= 0.6 is 0 Å². The molecule has 2 rings (SSSR count). The van der Waals surface area contributed by atoms with Crippen LogP contribution in [-0.2, 0) is 46.8 Å². The predicted molar refractivity (Wildman–Crippen MR) is 128 cm³/mol. The number of hydrogen-bond donors (Lipinski definition) is 1. The van der Waals surface area contributed by atoms with Crippen molar-refractivity contribution in [3.05, 3.63) is 0 Å². The Morgan fingerprint density at radius 3 is 1.07 bits per heavy atom. The molecule has 2 aliphatic heterocycles. The number of ether oxygens (including phenoxy) is 2. The van der Waals surface area contributed by atoms with Gasteiger partial charge in [-0.25, -0.2) is 8.42 Å². The smallest absolute Gasteiger partial charge is 0.741 e. The Bertz CT molecular complexity index is 995. The molecule has 0 spiro atoms. The van der Waals surface area contributed by atoms with Crippen molar-refractivity contribution in [1.82, 2.24) is 0 Å². The third kappa shape index (κ3) is 13.8. The molecule has 246 valence electrons. The van der Waals surface area contributed by atoms with E-state index >= 15 is 0 Å². The van der Waals surface area contributed by atoms with Crippen LogP contribution in [0.2, 0.25) is 0 Å². The SMILES string of the molecule is CC(C)(C1=N[C@@H](C(C)(C)C)OC1)C1=N[C@@H](C(C)(C)C)OC1.O.O.O=S(=O)(O)C(F)(F)F.O=S(=O)([O-])C(F)(F)F.[Cu+]. The molecular formula is C19H35CuF6N2O10S2. The average Bonchev–Trinajstić information content (AvgIpc) is 3.29. The molecule has 40 heavy (non-hydrogen) atoms. The Balaban J connectivity index is -0.000000287. The van der Waals surface area contributed by atoms with E-state index < -0.39 is 31.3 Å². The molecule has 0 radical (unpaired) electrons. The van der Waals surface area contributed by atoms with Crippen LogP contribution in [0.15, 0.2) is 9.98 Å². The van der Waals surface area contributed by atoms with Gasteiger partial charge in [-0.05, 0) is 13.8 Å². The van der Waals surface area contributed by atoms with Crippen molar-refractivity contribution in [2.45, 2.75) is 78.9 Å². The molecule has 0 aromatic heterocycles. The molecule has 2 aliphatic rings. The fourth-order valence-corrected chi connectivity index (χ4v) is 2.49. The number of rotatable bonds is 2. The third-order valence-electron chi connectivity index (χ3n) is 4.80. The molecule has 0 aromatic carbocycles. The van der Waals surface area contributed by atoms with Gasteiger partial charge in [0.25, 0.3) is 0 Å². The van der Waals surface area contributed by atoms with Gasteiger partial charge in [-0.15, -0.1) is 0 Å². The van der Waals surface area contributed by atoms with Crippen molar-refractivity contribution < 1.29 is 89.8 Å². The van der Waals surface area contributed by atoms with E-state index in [4.69, 9.17) is 45.4 Å². The van der Waals surface area contributed by atoms with Crippen molar-refractivity contribution in [3.8, 4) is 0 Å². The first-order valence-corrected chi connectivity index (χ1v) is 13.2. The zero-order chi connectivity index (χ0) is 30.1. The Kier molecular flexibility index (Phi) is 17.3. The summed E-state index contributed by atoms with van der Waals surface area (Å²) >= 11 is 0. The van der Waals surface area contributed by atoms with E-state index in [0.717, 1.165) is 11.4 Å². The summed E-state index contributed by atoms with van der Waals surface area (Å²) in [5.74, 6) is 0. The number of nitrogens with zero attached hydrogens (tertiary/aromatic N) is 2. The second kappa shape index (κ2) is 15.0. The molecule has 0 saturated carbocycles. The summed E-state index contributed by atoms with van der Waals surface area (Å²) in [6.07, 6.45) is -0.124. The Morgan fingerprint density at radius 2 is 0.950 bits per heavy atom. The zero-order valence-corrected chi connectivity index (χ0v) is 25.2. The van der Waals surface area contributed by atoms with E-state index in [0.29, 0.717) is 13.2 Å². The van der Waals surface area contributed by atoms with Gasteiger partial charge in [0.15, 0.2) is 22.6 Å². The summed E-state index contributed by atoms with van der Waals surface area (Å²) in [7, 11) is -11.9. The van der Waals surface area contributed by atoms with Gasteiger partial charge >= 0.3 is 38.2 Å². The fraction of sp³-hybridized carbons (Fsp3) is 0.895. The van der Waals surface area contributed by atoms with Gasteiger partial charge in [0.05, 0.1) is 24.6 Å². The van der Waals surface area contributed by atoms with Crippen LogP contribution in [0.25, 0.3) is 0 Å². The van der Waals surface area contributed by atoms with Crippen molar-refractivity contribution in [1.29, 1.82) is 0 Å². The quantitative estimate of drug-likeness (QED) is 0.196. The summed E-state index contributed by atoms with van der Waals surface area (Å²) in [6, 6.07) is 0. The molecule has 2 heterocycles. The van der Waals surface area contributed by atoms with E-state index in [9.17, 15) is 26.3 Å². The van der Waals surface area contributed by atoms with Gasteiger partial charge in [-0.2, -0.15) is 34.8 Å². The molecule has 0 amide bonds. The zero-order valence-electron chi connectivity index (χ0n) is 22.7. The fourth-order valence-electron chi connectivity index (χ4n) is 2.49. The number of hydrogen-bond acceptors (Lipinski definition) is 9. The normalized spacial score (nSPS) is 20.2. The maximum absolute atomic E-state index is 10.7. The largest absolute Gasteiger partial charge is 1.00 e. The molecule has 0 aliphatic carbocycles. The van der Waals surface area contributed by atoms with Gasteiger partial charge < -0.3 is 25.0 Å². The number of halogens is 6. The molecule has 0 bridgehead atoms. The van der Waals surface area contributed by atoms with Crippen LogP contribution < -0.4 is 0 Å². The van der Waals surface area contributed by atoms with E-state index in [-0.39, 0.29) is 56.7 Å². The summed E-state index contributed by atoms with van der Waals surface area (Å²) in [5.41, 5.74) is -9.15. The first-order chi connectivity index (χ1) is 15.9. The second-order valence-electron chi connectivity index (χ2n) is 10.7. The summed E-state index contributed by atoms with van der Waals surface area (Å²) < 4.78 is 128. The molecule has 12 nitrogen and oxygen atoms in total.